The van der Waals surface area contributed by atoms with Crippen LogP contribution in [0.3, 0.4) is 0 Å². The van der Waals surface area contributed by atoms with Gasteiger partial charge >= 0.3 is 0 Å². The van der Waals surface area contributed by atoms with Crippen LogP contribution < -0.4 is 4.74 Å². The number of hydrogen-bond acceptors (Lipinski definition) is 5. The number of halogens is 1. The van der Waals surface area contributed by atoms with Crippen LogP contribution in [0.4, 0.5) is 0 Å². The number of nitriles is 1. The summed E-state index contributed by atoms with van der Waals surface area (Å²) in [6, 6.07) is 16.5. The van der Waals surface area contributed by atoms with Crippen LogP contribution in [0.25, 0.3) is 0 Å². The third kappa shape index (κ3) is 2.96. The average Bonchev–Trinajstić information content (AvgIpc) is 3.07. The summed E-state index contributed by atoms with van der Waals surface area (Å²) in [5.74, 6) is 0.237. The molecule has 1 fully saturated rings. The predicted octanol–water partition coefficient (Wildman–Crippen LogP) is 3.99. The number of allylic oxidation sites excluding steroid dienone is 1. The number of nitrogens with zero attached hydrogens (tertiary/aromatic N) is 2. The summed E-state index contributed by atoms with van der Waals surface area (Å²) in [7, 11) is 1.55. The maximum Gasteiger partial charge on any atom is 0.231 e. The van der Waals surface area contributed by atoms with Crippen LogP contribution in [0.2, 0.25) is 5.02 Å². The summed E-state index contributed by atoms with van der Waals surface area (Å²) in [5, 5.41) is 22.3. The van der Waals surface area contributed by atoms with Gasteiger partial charge in [-0.25, -0.2) is 0 Å². The summed E-state index contributed by atoms with van der Waals surface area (Å²) in [4.78, 5) is 14.5. The van der Waals surface area contributed by atoms with Gasteiger partial charge in [-0.05, 0) is 29.8 Å². The van der Waals surface area contributed by atoms with Gasteiger partial charge in [0.1, 0.15) is 5.75 Å². The van der Waals surface area contributed by atoms with E-state index in [4.69, 9.17) is 16.3 Å². The van der Waals surface area contributed by atoms with Crippen molar-refractivity contribution in [1.82, 2.24) is 4.90 Å². The van der Waals surface area contributed by atoms with Gasteiger partial charge in [-0.1, -0.05) is 35.9 Å². The van der Waals surface area contributed by atoms with Crippen molar-refractivity contribution in [2.45, 2.75) is 18.1 Å². The molecule has 2 aliphatic rings. The zero-order chi connectivity index (χ0) is 19.9. The molecule has 1 N–H and O–H groups in total. The van der Waals surface area contributed by atoms with E-state index in [-0.39, 0.29) is 24.0 Å². The van der Waals surface area contributed by atoms with Gasteiger partial charge in [0.2, 0.25) is 5.91 Å². The fraction of sp³-hybridized carbons (Fsp3) is 0.238. The van der Waals surface area contributed by atoms with Crippen molar-refractivity contribution >= 4 is 29.3 Å². The number of thioether (sulfide) groups is 1. The van der Waals surface area contributed by atoms with Gasteiger partial charge in [0.05, 0.1) is 29.5 Å². The van der Waals surface area contributed by atoms with Crippen LogP contribution in [0.5, 0.6) is 5.75 Å². The highest BCUT2D eigenvalue weighted by Gasteiger charge is 2.51. The summed E-state index contributed by atoms with van der Waals surface area (Å²) in [6.07, 6.45) is 0.0968. The molecule has 2 aliphatic heterocycles. The number of hydrogen-bond donors (Lipinski definition) is 1. The van der Waals surface area contributed by atoms with Gasteiger partial charge in [-0.2, -0.15) is 5.26 Å². The van der Waals surface area contributed by atoms with E-state index in [1.54, 1.807) is 43.5 Å². The van der Waals surface area contributed by atoms with Gasteiger partial charge < -0.3 is 9.84 Å². The summed E-state index contributed by atoms with van der Waals surface area (Å²) in [5.41, 5.74) is 0.335. The van der Waals surface area contributed by atoms with E-state index in [9.17, 15) is 15.2 Å². The molecule has 1 saturated heterocycles. The number of fused-ring (bicyclic) bond motifs is 1. The summed E-state index contributed by atoms with van der Waals surface area (Å²) in [6.45, 7) is 0. The molecule has 2 aromatic rings. The Labute approximate surface area is 172 Å². The molecule has 0 saturated carbocycles. The first-order chi connectivity index (χ1) is 13.5. The Balaban J connectivity index is 1.81. The second-order valence-corrected chi connectivity index (χ2v) is 8.11. The standard InChI is InChI=1S/C21H17ClN2O3S/c1-27-16-7-3-5-14(9-16)21(26)12-28-20-18(11-23)17(10-19(25)24(20)21)13-4-2-6-15(22)8-13/h2-9,17,26H,10,12H2,1H3/t17-,21-/m0/s1. The lowest BCUT2D eigenvalue weighted by Gasteiger charge is -2.38. The Morgan fingerprint density at radius 2 is 2.11 bits per heavy atom. The minimum atomic E-state index is -1.52. The monoisotopic (exact) mass is 412 g/mol. The molecule has 4 rings (SSSR count). The van der Waals surface area contributed by atoms with E-state index in [0.29, 0.717) is 26.9 Å². The summed E-state index contributed by atoms with van der Waals surface area (Å²) >= 11 is 7.42. The molecular weight excluding hydrogens is 396 g/mol. The number of amides is 1. The zero-order valence-corrected chi connectivity index (χ0v) is 16.6. The lowest BCUT2D eigenvalue weighted by atomic mass is 9.85. The first-order valence-electron chi connectivity index (χ1n) is 8.70. The summed E-state index contributed by atoms with van der Waals surface area (Å²) < 4.78 is 5.25. The van der Waals surface area contributed by atoms with Gasteiger partial charge in [0.15, 0.2) is 5.72 Å². The minimum Gasteiger partial charge on any atom is -0.497 e. The predicted molar refractivity (Wildman–Crippen MR) is 108 cm³/mol. The molecular formula is C21H17ClN2O3S. The molecule has 2 atom stereocenters. The molecule has 2 aromatic carbocycles. The third-order valence-electron chi connectivity index (χ3n) is 5.09. The van der Waals surface area contributed by atoms with Crippen molar-refractivity contribution in [2.75, 3.05) is 12.9 Å². The first-order valence-corrected chi connectivity index (χ1v) is 10.1. The van der Waals surface area contributed by atoms with Crippen LogP contribution >= 0.6 is 23.4 Å². The Morgan fingerprint density at radius 3 is 2.82 bits per heavy atom. The molecule has 28 heavy (non-hydrogen) atoms. The SMILES string of the molecule is COc1cccc([C@@]2(O)CSC3=C(C#N)[C@H](c4cccc(Cl)c4)CC(=O)N32)c1. The van der Waals surface area contributed by atoms with Crippen LogP contribution in [-0.4, -0.2) is 28.8 Å². The van der Waals surface area contributed by atoms with Crippen molar-refractivity contribution in [3.63, 3.8) is 0 Å². The molecule has 7 heteroatoms. The second kappa shape index (κ2) is 7.17. The molecule has 0 unspecified atom stereocenters. The van der Waals surface area contributed by atoms with Crippen LogP contribution in [0.1, 0.15) is 23.5 Å². The number of ether oxygens (including phenoxy) is 1. The number of carbonyl (C=O) groups is 1. The van der Waals surface area contributed by atoms with E-state index in [1.165, 1.54) is 16.7 Å². The van der Waals surface area contributed by atoms with Crippen LogP contribution in [0.15, 0.2) is 59.1 Å². The molecule has 0 spiro atoms. The average molecular weight is 413 g/mol. The molecule has 5 nitrogen and oxygen atoms in total. The molecule has 1 amide bonds. The van der Waals surface area contributed by atoms with Gasteiger partial charge in [-0.3, -0.25) is 9.69 Å². The van der Waals surface area contributed by atoms with Crippen molar-refractivity contribution in [2.24, 2.45) is 0 Å². The third-order valence-corrected chi connectivity index (χ3v) is 6.55. The lowest BCUT2D eigenvalue weighted by molar-refractivity contribution is -0.149. The van der Waals surface area contributed by atoms with E-state index >= 15 is 0 Å². The van der Waals surface area contributed by atoms with E-state index in [2.05, 4.69) is 6.07 Å². The lowest BCUT2D eigenvalue weighted by Crippen LogP contribution is -2.48. The number of aliphatic hydroxyl groups is 1. The normalized spacial score (nSPS) is 24.1. The Morgan fingerprint density at radius 1 is 1.32 bits per heavy atom. The van der Waals surface area contributed by atoms with Crippen LogP contribution in [0, 0.1) is 11.3 Å². The quantitative estimate of drug-likeness (QED) is 0.825. The fourth-order valence-electron chi connectivity index (χ4n) is 3.72. The topological polar surface area (TPSA) is 73.6 Å². The van der Waals surface area contributed by atoms with Gasteiger partial charge in [0.25, 0.3) is 0 Å². The molecule has 0 aliphatic carbocycles. The first kappa shape index (κ1) is 18.9. The van der Waals surface area contributed by atoms with E-state index in [1.807, 2.05) is 12.1 Å². The maximum atomic E-state index is 13.1. The molecule has 0 aromatic heterocycles. The van der Waals surface area contributed by atoms with Gasteiger partial charge in [-0.15, -0.1) is 11.8 Å². The highest BCUT2D eigenvalue weighted by Crippen LogP contribution is 2.52. The highest BCUT2D eigenvalue weighted by atomic mass is 35.5. The number of methoxy groups -OCH3 is 1. The molecule has 0 bridgehead atoms. The largest absolute Gasteiger partial charge is 0.497 e. The highest BCUT2D eigenvalue weighted by molar-refractivity contribution is 8.03. The fourth-order valence-corrected chi connectivity index (χ4v) is 5.28. The molecule has 2 heterocycles. The Hall–Kier alpha value is -2.46. The Kier molecular flexibility index (Phi) is 4.84. The second-order valence-electron chi connectivity index (χ2n) is 6.71. The molecule has 0 radical (unpaired) electrons. The van der Waals surface area contributed by atoms with Crippen molar-refractivity contribution < 1.29 is 14.6 Å². The number of rotatable bonds is 3. The van der Waals surface area contributed by atoms with Crippen molar-refractivity contribution in [3.05, 3.63) is 75.3 Å². The smallest absolute Gasteiger partial charge is 0.231 e. The zero-order valence-electron chi connectivity index (χ0n) is 15.1. The number of carbonyl (C=O) groups excluding carboxylic acids is 1. The van der Waals surface area contributed by atoms with Gasteiger partial charge in [0, 0.05) is 22.9 Å². The Bertz CT molecular complexity index is 1030. The van der Waals surface area contributed by atoms with E-state index < -0.39 is 5.72 Å². The number of benzene rings is 2. The van der Waals surface area contributed by atoms with Crippen molar-refractivity contribution in [3.8, 4) is 11.8 Å². The molecule has 142 valence electrons. The van der Waals surface area contributed by atoms with Crippen molar-refractivity contribution in [1.29, 1.82) is 5.26 Å². The van der Waals surface area contributed by atoms with Crippen LogP contribution in [-0.2, 0) is 10.5 Å². The maximum absolute atomic E-state index is 13.1. The van der Waals surface area contributed by atoms with E-state index in [0.717, 1.165) is 5.56 Å². The minimum absolute atomic E-state index is 0.0968.